The normalized spacial score (nSPS) is 11.0. The topological polar surface area (TPSA) is 44.9 Å². The van der Waals surface area contributed by atoms with Crippen LogP contribution in [0.15, 0.2) is 72.9 Å². The Morgan fingerprint density at radius 1 is 0.917 bits per heavy atom. The summed E-state index contributed by atoms with van der Waals surface area (Å²) in [6, 6.07) is 22.1. The third-order valence-electron chi connectivity index (χ3n) is 4.37. The van der Waals surface area contributed by atoms with Crippen LogP contribution in [0.5, 0.6) is 0 Å². The van der Waals surface area contributed by atoms with Gasteiger partial charge in [0.2, 0.25) is 0 Å². The van der Waals surface area contributed by atoms with E-state index in [1.54, 1.807) is 0 Å². The van der Waals surface area contributed by atoms with Crippen molar-refractivity contribution in [3.05, 3.63) is 84.1 Å². The molecule has 0 saturated carbocycles. The van der Waals surface area contributed by atoms with Crippen LogP contribution in [-0.2, 0) is 6.42 Å². The zero-order chi connectivity index (χ0) is 16.4. The molecule has 0 aliphatic heterocycles. The SMILES string of the molecule is O=C(NCCc1c[nH]c2ccccc12)c1ccc2ccccc2c1. The fourth-order valence-electron chi connectivity index (χ4n) is 3.08. The van der Waals surface area contributed by atoms with Gasteiger partial charge in [0.15, 0.2) is 0 Å². The fraction of sp³-hybridized carbons (Fsp3) is 0.0952. The maximum atomic E-state index is 12.4. The van der Waals surface area contributed by atoms with Crippen LogP contribution < -0.4 is 5.32 Å². The number of hydrogen-bond donors (Lipinski definition) is 2. The molecule has 3 heteroatoms. The molecule has 0 aliphatic rings. The lowest BCUT2D eigenvalue weighted by Crippen LogP contribution is -2.25. The first-order valence-electron chi connectivity index (χ1n) is 8.13. The number of amides is 1. The molecule has 0 bridgehead atoms. The Labute approximate surface area is 140 Å². The monoisotopic (exact) mass is 314 g/mol. The van der Waals surface area contributed by atoms with Crippen molar-refractivity contribution in [2.75, 3.05) is 6.54 Å². The number of carbonyl (C=O) groups is 1. The number of aromatic nitrogens is 1. The van der Waals surface area contributed by atoms with Crippen molar-refractivity contribution >= 4 is 27.6 Å². The lowest BCUT2D eigenvalue weighted by Gasteiger charge is -2.06. The largest absolute Gasteiger partial charge is 0.361 e. The van der Waals surface area contributed by atoms with Gasteiger partial charge >= 0.3 is 0 Å². The molecule has 0 saturated heterocycles. The summed E-state index contributed by atoms with van der Waals surface area (Å²) >= 11 is 0. The van der Waals surface area contributed by atoms with Crippen LogP contribution in [0.25, 0.3) is 21.7 Å². The molecule has 3 nitrogen and oxygen atoms in total. The Morgan fingerprint density at radius 2 is 1.71 bits per heavy atom. The second kappa shape index (κ2) is 6.20. The van der Waals surface area contributed by atoms with Gasteiger partial charge in [0.05, 0.1) is 0 Å². The van der Waals surface area contributed by atoms with E-state index in [0.29, 0.717) is 12.1 Å². The molecule has 0 atom stereocenters. The molecule has 0 spiro atoms. The van der Waals surface area contributed by atoms with E-state index in [0.717, 1.165) is 22.7 Å². The molecule has 4 aromatic rings. The van der Waals surface area contributed by atoms with E-state index < -0.39 is 0 Å². The van der Waals surface area contributed by atoms with Gasteiger partial charge in [-0.25, -0.2) is 0 Å². The van der Waals surface area contributed by atoms with E-state index in [1.807, 2.05) is 60.8 Å². The molecule has 3 aromatic carbocycles. The van der Waals surface area contributed by atoms with Crippen LogP contribution in [0, 0.1) is 0 Å². The second-order valence-electron chi connectivity index (χ2n) is 5.93. The Bertz CT molecular complexity index is 1020. The summed E-state index contributed by atoms with van der Waals surface area (Å²) in [5.41, 5.74) is 3.06. The summed E-state index contributed by atoms with van der Waals surface area (Å²) in [4.78, 5) is 15.6. The first kappa shape index (κ1) is 14.5. The number of para-hydroxylation sites is 1. The molecule has 0 fully saturated rings. The number of rotatable bonds is 4. The van der Waals surface area contributed by atoms with Crippen molar-refractivity contribution in [2.24, 2.45) is 0 Å². The molecule has 1 heterocycles. The van der Waals surface area contributed by atoms with Crippen molar-refractivity contribution in [2.45, 2.75) is 6.42 Å². The highest BCUT2D eigenvalue weighted by Crippen LogP contribution is 2.18. The molecule has 0 aliphatic carbocycles. The molecule has 118 valence electrons. The highest BCUT2D eigenvalue weighted by Gasteiger charge is 2.07. The summed E-state index contributed by atoms with van der Waals surface area (Å²) in [6.45, 7) is 0.619. The van der Waals surface area contributed by atoms with Gasteiger partial charge in [0.1, 0.15) is 0 Å². The number of aromatic amines is 1. The number of benzene rings is 3. The third-order valence-corrected chi connectivity index (χ3v) is 4.37. The minimum Gasteiger partial charge on any atom is -0.361 e. The van der Waals surface area contributed by atoms with E-state index >= 15 is 0 Å². The zero-order valence-corrected chi connectivity index (χ0v) is 13.3. The maximum Gasteiger partial charge on any atom is 0.251 e. The highest BCUT2D eigenvalue weighted by molar-refractivity contribution is 5.98. The van der Waals surface area contributed by atoms with Crippen LogP contribution >= 0.6 is 0 Å². The predicted molar refractivity (Wildman–Crippen MR) is 98.3 cm³/mol. The molecule has 4 rings (SSSR count). The van der Waals surface area contributed by atoms with E-state index in [1.165, 1.54) is 10.9 Å². The Morgan fingerprint density at radius 3 is 2.62 bits per heavy atom. The minimum absolute atomic E-state index is 0.0272. The average molecular weight is 314 g/mol. The lowest BCUT2D eigenvalue weighted by molar-refractivity contribution is 0.0954. The first-order chi connectivity index (χ1) is 11.8. The Hall–Kier alpha value is -3.07. The molecule has 1 amide bonds. The number of fused-ring (bicyclic) bond motifs is 2. The molecule has 0 unspecified atom stereocenters. The number of hydrogen-bond acceptors (Lipinski definition) is 1. The van der Waals surface area contributed by atoms with Gasteiger partial charge in [0.25, 0.3) is 5.91 Å². The van der Waals surface area contributed by atoms with E-state index in [4.69, 9.17) is 0 Å². The molecular weight excluding hydrogens is 296 g/mol. The fourth-order valence-corrected chi connectivity index (χ4v) is 3.08. The van der Waals surface area contributed by atoms with Crippen molar-refractivity contribution < 1.29 is 4.79 Å². The zero-order valence-electron chi connectivity index (χ0n) is 13.3. The van der Waals surface area contributed by atoms with Crippen LogP contribution in [0.3, 0.4) is 0 Å². The molecule has 2 N–H and O–H groups in total. The summed E-state index contributed by atoms with van der Waals surface area (Å²) in [5, 5.41) is 6.46. The van der Waals surface area contributed by atoms with Crippen molar-refractivity contribution in [1.29, 1.82) is 0 Å². The summed E-state index contributed by atoms with van der Waals surface area (Å²) in [6.07, 6.45) is 2.83. The molecular formula is C21H18N2O. The van der Waals surface area contributed by atoms with E-state index in [2.05, 4.69) is 22.4 Å². The van der Waals surface area contributed by atoms with Crippen LogP contribution in [0.2, 0.25) is 0 Å². The first-order valence-corrected chi connectivity index (χ1v) is 8.13. The van der Waals surface area contributed by atoms with Gasteiger partial charge in [0, 0.05) is 29.2 Å². The van der Waals surface area contributed by atoms with Gasteiger partial charge in [-0.3, -0.25) is 4.79 Å². The molecule has 0 radical (unpaired) electrons. The molecule has 24 heavy (non-hydrogen) atoms. The van der Waals surface area contributed by atoms with Crippen LogP contribution in [-0.4, -0.2) is 17.4 Å². The Balaban J connectivity index is 1.44. The van der Waals surface area contributed by atoms with Crippen molar-refractivity contribution in [1.82, 2.24) is 10.3 Å². The maximum absolute atomic E-state index is 12.4. The molecule has 1 aromatic heterocycles. The second-order valence-corrected chi connectivity index (χ2v) is 5.93. The van der Waals surface area contributed by atoms with E-state index in [-0.39, 0.29) is 5.91 Å². The summed E-state index contributed by atoms with van der Waals surface area (Å²) < 4.78 is 0. The van der Waals surface area contributed by atoms with Gasteiger partial charge in [-0.05, 0) is 41.0 Å². The lowest BCUT2D eigenvalue weighted by atomic mass is 10.1. The smallest absolute Gasteiger partial charge is 0.251 e. The third kappa shape index (κ3) is 2.76. The van der Waals surface area contributed by atoms with Gasteiger partial charge in [-0.1, -0.05) is 48.5 Å². The number of carbonyl (C=O) groups excluding carboxylic acids is 1. The van der Waals surface area contributed by atoms with Crippen LogP contribution in [0.4, 0.5) is 0 Å². The van der Waals surface area contributed by atoms with Crippen LogP contribution in [0.1, 0.15) is 15.9 Å². The summed E-state index contributed by atoms with van der Waals surface area (Å²) in [5.74, 6) is -0.0272. The highest BCUT2D eigenvalue weighted by atomic mass is 16.1. The van der Waals surface area contributed by atoms with Crippen molar-refractivity contribution in [3.8, 4) is 0 Å². The number of nitrogens with one attached hydrogen (secondary N) is 2. The standard InChI is InChI=1S/C21H18N2O/c24-21(17-10-9-15-5-1-2-6-16(15)13-17)22-12-11-18-14-23-20-8-4-3-7-19(18)20/h1-10,13-14,23H,11-12H2,(H,22,24). The predicted octanol–water partition coefficient (Wildman–Crippen LogP) is 4.29. The van der Waals surface area contributed by atoms with E-state index in [9.17, 15) is 4.79 Å². The Kier molecular flexibility index (Phi) is 3.75. The average Bonchev–Trinajstić information content (AvgIpc) is 3.04. The quantitative estimate of drug-likeness (QED) is 0.580. The number of H-pyrrole nitrogens is 1. The van der Waals surface area contributed by atoms with Gasteiger partial charge < -0.3 is 10.3 Å². The van der Waals surface area contributed by atoms with Crippen molar-refractivity contribution in [3.63, 3.8) is 0 Å². The van der Waals surface area contributed by atoms with Gasteiger partial charge in [-0.2, -0.15) is 0 Å². The summed E-state index contributed by atoms with van der Waals surface area (Å²) in [7, 11) is 0. The van der Waals surface area contributed by atoms with Gasteiger partial charge in [-0.15, -0.1) is 0 Å². The minimum atomic E-state index is -0.0272.